The van der Waals surface area contributed by atoms with Crippen molar-refractivity contribution in [2.75, 3.05) is 0 Å². The number of carbonyl (C=O) groups excluding carboxylic acids is 1. The normalized spacial score (nSPS) is 13.3. The van der Waals surface area contributed by atoms with Gasteiger partial charge in [0.25, 0.3) is 0 Å². The minimum absolute atomic E-state index is 0.116. The molecule has 0 spiro atoms. The van der Waals surface area contributed by atoms with Gasteiger partial charge in [-0.25, -0.2) is 4.79 Å². The molecule has 27 heavy (non-hydrogen) atoms. The smallest absolute Gasteiger partial charge is 0.345 e. The third-order valence-corrected chi connectivity index (χ3v) is 4.98. The molecule has 0 rings (SSSR count). The highest BCUT2D eigenvalue weighted by atomic mass is 16.6. The average molecular weight is 387 g/mol. The summed E-state index contributed by atoms with van der Waals surface area (Å²) in [5.41, 5.74) is 0. The van der Waals surface area contributed by atoms with Gasteiger partial charge in [0.2, 0.25) is 0 Å². The molecule has 5 nitrogen and oxygen atoms in total. The van der Waals surface area contributed by atoms with Gasteiger partial charge in [0, 0.05) is 6.42 Å². The number of hydrogen-bond donors (Lipinski definition) is 2. The molecular weight excluding hydrogens is 344 g/mol. The van der Waals surface area contributed by atoms with E-state index in [1.54, 1.807) is 6.92 Å². The van der Waals surface area contributed by atoms with Gasteiger partial charge in [-0.15, -0.1) is 0 Å². The molecular formula is C22H42O5. The summed E-state index contributed by atoms with van der Waals surface area (Å²) in [7, 11) is 0. The van der Waals surface area contributed by atoms with Crippen molar-refractivity contribution in [3.05, 3.63) is 0 Å². The minimum atomic E-state index is -1.07. The number of unbranched alkanes of at least 4 members (excludes halogenated alkanes) is 10. The molecule has 0 aromatic rings. The Morgan fingerprint density at radius 3 is 1.74 bits per heavy atom. The Morgan fingerprint density at radius 1 is 0.778 bits per heavy atom. The molecule has 0 saturated heterocycles. The lowest BCUT2D eigenvalue weighted by molar-refractivity contribution is -0.164. The highest BCUT2D eigenvalue weighted by Crippen LogP contribution is 2.14. The van der Waals surface area contributed by atoms with Gasteiger partial charge in [0.05, 0.1) is 6.10 Å². The van der Waals surface area contributed by atoms with E-state index >= 15 is 0 Å². The highest BCUT2D eigenvalue weighted by molar-refractivity contribution is 5.77. The molecule has 2 atom stereocenters. The van der Waals surface area contributed by atoms with Crippen molar-refractivity contribution in [1.29, 1.82) is 0 Å². The highest BCUT2D eigenvalue weighted by Gasteiger charge is 2.19. The zero-order valence-electron chi connectivity index (χ0n) is 17.6. The predicted molar refractivity (Wildman–Crippen MR) is 109 cm³/mol. The number of aliphatic carboxylic acids is 1. The van der Waals surface area contributed by atoms with Gasteiger partial charge in [0.1, 0.15) is 0 Å². The van der Waals surface area contributed by atoms with E-state index < -0.39 is 18.0 Å². The number of aliphatic hydroxyl groups excluding tert-OH is 1. The van der Waals surface area contributed by atoms with Gasteiger partial charge in [0.15, 0.2) is 6.10 Å². The molecule has 0 aromatic carbocycles. The molecule has 0 aromatic heterocycles. The molecule has 160 valence electrons. The van der Waals surface area contributed by atoms with Gasteiger partial charge in [-0.3, -0.25) is 4.79 Å². The molecule has 0 aliphatic rings. The fourth-order valence-electron chi connectivity index (χ4n) is 3.19. The first kappa shape index (κ1) is 25.9. The summed E-state index contributed by atoms with van der Waals surface area (Å²) in [6.07, 6.45) is 15.0. The van der Waals surface area contributed by atoms with E-state index in [0.29, 0.717) is 12.8 Å². The van der Waals surface area contributed by atoms with E-state index in [0.717, 1.165) is 44.9 Å². The maximum atomic E-state index is 11.6. The predicted octanol–water partition coefficient (Wildman–Crippen LogP) is 5.63. The lowest BCUT2D eigenvalue weighted by atomic mass is 10.0. The van der Waals surface area contributed by atoms with Crippen molar-refractivity contribution in [3.63, 3.8) is 0 Å². The molecule has 0 radical (unpaired) electrons. The quantitative estimate of drug-likeness (QED) is 0.222. The Kier molecular flexibility index (Phi) is 17.5. The van der Waals surface area contributed by atoms with Gasteiger partial charge in [-0.1, -0.05) is 84.5 Å². The van der Waals surface area contributed by atoms with Gasteiger partial charge in [-0.05, 0) is 25.7 Å². The first-order valence-corrected chi connectivity index (χ1v) is 11.1. The van der Waals surface area contributed by atoms with Crippen LogP contribution in [0.5, 0.6) is 0 Å². The van der Waals surface area contributed by atoms with Gasteiger partial charge in [-0.2, -0.15) is 0 Å². The second-order valence-electron chi connectivity index (χ2n) is 7.60. The summed E-state index contributed by atoms with van der Waals surface area (Å²) in [5, 5.41) is 18.8. The number of carbonyl (C=O) groups is 2. The van der Waals surface area contributed by atoms with Crippen molar-refractivity contribution in [3.8, 4) is 0 Å². The molecule has 0 aliphatic carbocycles. The number of ether oxygens (including phenoxy) is 1. The van der Waals surface area contributed by atoms with Crippen molar-refractivity contribution >= 4 is 11.9 Å². The molecule has 0 aliphatic heterocycles. The van der Waals surface area contributed by atoms with E-state index in [1.165, 1.54) is 44.9 Å². The van der Waals surface area contributed by atoms with Gasteiger partial charge < -0.3 is 14.9 Å². The van der Waals surface area contributed by atoms with Crippen LogP contribution < -0.4 is 0 Å². The lowest BCUT2D eigenvalue weighted by Gasteiger charge is -2.11. The van der Waals surface area contributed by atoms with Crippen LogP contribution in [0.2, 0.25) is 0 Å². The van der Waals surface area contributed by atoms with Crippen LogP contribution in [0.15, 0.2) is 0 Å². The van der Waals surface area contributed by atoms with E-state index in [2.05, 4.69) is 6.92 Å². The average Bonchev–Trinajstić information content (AvgIpc) is 2.64. The van der Waals surface area contributed by atoms with Crippen LogP contribution >= 0.6 is 0 Å². The van der Waals surface area contributed by atoms with Crippen molar-refractivity contribution in [2.45, 2.75) is 129 Å². The number of esters is 1. The van der Waals surface area contributed by atoms with Crippen molar-refractivity contribution in [1.82, 2.24) is 0 Å². The SMILES string of the molecule is CCCCCCC(O)CCCCCCCCCCC(=O)OC(CC)C(=O)O. The van der Waals surface area contributed by atoms with Crippen LogP contribution in [0.3, 0.4) is 0 Å². The zero-order valence-corrected chi connectivity index (χ0v) is 17.6. The van der Waals surface area contributed by atoms with E-state index in [9.17, 15) is 14.7 Å². The Balaban J connectivity index is 3.38. The Morgan fingerprint density at radius 2 is 1.26 bits per heavy atom. The Hall–Kier alpha value is -1.10. The third kappa shape index (κ3) is 16.8. The summed E-state index contributed by atoms with van der Waals surface area (Å²) in [6.45, 7) is 3.90. The molecule has 5 heteroatoms. The summed E-state index contributed by atoms with van der Waals surface area (Å²) in [6, 6.07) is 0. The molecule has 0 heterocycles. The number of carboxylic acid groups (broad SMARTS) is 1. The molecule has 0 saturated carbocycles. The van der Waals surface area contributed by atoms with Crippen LogP contribution in [0.4, 0.5) is 0 Å². The van der Waals surface area contributed by atoms with Crippen LogP contribution in [0.25, 0.3) is 0 Å². The van der Waals surface area contributed by atoms with Crippen LogP contribution in [0.1, 0.15) is 117 Å². The summed E-state index contributed by atoms with van der Waals surface area (Å²) in [4.78, 5) is 22.4. The lowest BCUT2D eigenvalue weighted by Crippen LogP contribution is -2.26. The minimum Gasteiger partial charge on any atom is -0.479 e. The molecule has 2 unspecified atom stereocenters. The van der Waals surface area contributed by atoms with Crippen molar-refractivity contribution < 1.29 is 24.5 Å². The van der Waals surface area contributed by atoms with Crippen LogP contribution in [0, 0.1) is 0 Å². The second kappa shape index (κ2) is 18.3. The monoisotopic (exact) mass is 386 g/mol. The topological polar surface area (TPSA) is 83.8 Å². The fraction of sp³-hybridized carbons (Fsp3) is 0.909. The van der Waals surface area contributed by atoms with Crippen LogP contribution in [-0.4, -0.2) is 34.4 Å². The number of aliphatic hydroxyl groups is 1. The zero-order chi connectivity index (χ0) is 20.3. The van der Waals surface area contributed by atoms with Crippen molar-refractivity contribution in [2.24, 2.45) is 0 Å². The van der Waals surface area contributed by atoms with E-state index in [-0.39, 0.29) is 6.10 Å². The molecule has 2 N–H and O–H groups in total. The molecule has 0 amide bonds. The first-order valence-electron chi connectivity index (χ1n) is 11.1. The third-order valence-electron chi connectivity index (χ3n) is 4.98. The largest absolute Gasteiger partial charge is 0.479 e. The first-order chi connectivity index (χ1) is 13.0. The van der Waals surface area contributed by atoms with E-state index in [4.69, 9.17) is 9.84 Å². The number of rotatable bonds is 19. The van der Waals surface area contributed by atoms with Crippen LogP contribution in [-0.2, 0) is 14.3 Å². The molecule has 0 bridgehead atoms. The standard InChI is InChI=1S/C22H42O5/c1-3-5-6-13-16-19(23)17-14-11-9-7-8-10-12-15-18-21(24)27-20(4-2)22(25)26/h19-20,23H,3-18H2,1-2H3,(H,25,26). The number of hydrogen-bond acceptors (Lipinski definition) is 4. The Bertz CT molecular complexity index is 370. The number of carboxylic acids is 1. The molecule has 0 fully saturated rings. The maximum absolute atomic E-state index is 11.6. The summed E-state index contributed by atoms with van der Waals surface area (Å²) in [5.74, 6) is -1.48. The van der Waals surface area contributed by atoms with E-state index in [1.807, 2.05) is 0 Å². The Labute approximate surface area is 165 Å². The second-order valence-corrected chi connectivity index (χ2v) is 7.60. The summed E-state index contributed by atoms with van der Waals surface area (Å²) < 4.78 is 4.93. The maximum Gasteiger partial charge on any atom is 0.345 e. The fourth-order valence-corrected chi connectivity index (χ4v) is 3.19. The summed E-state index contributed by atoms with van der Waals surface area (Å²) >= 11 is 0. The van der Waals surface area contributed by atoms with Gasteiger partial charge >= 0.3 is 11.9 Å².